The standard InChI is InChI=1S/C16H28N2/c1-10(2)15-8-18(9-17-15)16-13-4-11-3-12(6-13)7-14(16)5-11/h10-17H,3-9H2,1-2H3/t11?,12?,13?,14?,15-,16?/m1/s1. The Bertz CT molecular complexity index is 297. The van der Waals surface area contributed by atoms with E-state index in [1.54, 1.807) is 32.1 Å². The lowest BCUT2D eigenvalue weighted by atomic mass is 9.54. The minimum atomic E-state index is 0.738. The first-order chi connectivity index (χ1) is 8.70. The summed E-state index contributed by atoms with van der Waals surface area (Å²) in [6, 6.07) is 1.68. The zero-order valence-corrected chi connectivity index (χ0v) is 11.9. The van der Waals surface area contributed by atoms with Gasteiger partial charge in [-0.05, 0) is 61.7 Å². The SMILES string of the molecule is CC(C)[C@H]1CN(C2C3CC4CC(C3)CC2C4)CN1. The van der Waals surface area contributed by atoms with Gasteiger partial charge in [-0.15, -0.1) is 0 Å². The van der Waals surface area contributed by atoms with E-state index in [1.807, 2.05) is 0 Å². The van der Waals surface area contributed by atoms with E-state index in [9.17, 15) is 0 Å². The van der Waals surface area contributed by atoms with Crippen LogP contribution in [0.4, 0.5) is 0 Å². The summed E-state index contributed by atoms with van der Waals surface area (Å²) >= 11 is 0. The third-order valence-corrected chi connectivity index (χ3v) is 6.39. The molecule has 18 heavy (non-hydrogen) atoms. The molecule has 0 aromatic heterocycles. The second-order valence-corrected chi connectivity index (χ2v) is 7.91. The van der Waals surface area contributed by atoms with Crippen molar-refractivity contribution in [1.29, 1.82) is 0 Å². The lowest BCUT2D eigenvalue weighted by molar-refractivity contribution is -0.0593. The highest BCUT2D eigenvalue weighted by Gasteiger charge is 2.50. The molecule has 2 heteroatoms. The molecular weight excluding hydrogens is 220 g/mol. The lowest BCUT2D eigenvalue weighted by Gasteiger charge is -2.56. The van der Waals surface area contributed by atoms with Crippen LogP contribution in [-0.2, 0) is 0 Å². The first kappa shape index (κ1) is 11.7. The quantitative estimate of drug-likeness (QED) is 0.808. The smallest absolute Gasteiger partial charge is 0.0486 e. The number of rotatable bonds is 2. The van der Waals surface area contributed by atoms with Crippen molar-refractivity contribution in [2.45, 2.75) is 58.0 Å². The van der Waals surface area contributed by atoms with Gasteiger partial charge in [0.2, 0.25) is 0 Å². The number of hydrogen-bond acceptors (Lipinski definition) is 2. The van der Waals surface area contributed by atoms with Crippen LogP contribution < -0.4 is 5.32 Å². The van der Waals surface area contributed by atoms with Crippen LogP contribution in [-0.4, -0.2) is 30.2 Å². The third kappa shape index (κ3) is 1.76. The molecule has 102 valence electrons. The van der Waals surface area contributed by atoms with E-state index in [0.29, 0.717) is 0 Å². The van der Waals surface area contributed by atoms with Gasteiger partial charge in [0.25, 0.3) is 0 Å². The molecule has 1 atom stereocenters. The maximum atomic E-state index is 3.74. The van der Waals surface area contributed by atoms with Gasteiger partial charge in [-0.25, -0.2) is 0 Å². The molecule has 4 aliphatic carbocycles. The van der Waals surface area contributed by atoms with Gasteiger partial charge in [-0.2, -0.15) is 0 Å². The van der Waals surface area contributed by atoms with Crippen molar-refractivity contribution < 1.29 is 0 Å². The largest absolute Gasteiger partial charge is 0.300 e. The van der Waals surface area contributed by atoms with Crippen molar-refractivity contribution in [3.8, 4) is 0 Å². The zero-order chi connectivity index (χ0) is 12.3. The highest BCUT2D eigenvalue weighted by Crippen LogP contribution is 2.55. The molecule has 4 bridgehead atoms. The van der Waals surface area contributed by atoms with Crippen LogP contribution in [0.5, 0.6) is 0 Å². The molecule has 2 nitrogen and oxygen atoms in total. The molecule has 0 radical (unpaired) electrons. The van der Waals surface area contributed by atoms with Crippen LogP contribution in [0.3, 0.4) is 0 Å². The Balaban J connectivity index is 1.49. The van der Waals surface area contributed by atoms with E-state index >= 15 is 0 Å². The summed E-state index contributed by atoms with van der Waals surface area (Å²) < 4.78 is 0. The van der Waals surface area contributed by atoms with E-state index < -0.39 is 0 Å². The van der Waals surface area contributed by atoms with E-state index in [1.165, 1.54) is 6.54 Å². The van der Waals surface area contributed by atoms with Gasteiger partial charge in [0.1, 0.15) is 0 Å². The molecular formula is C16H28N2. The summed E-state index contributed by atoms with van der Waals surface area (Å²) in [6.45, 7) is 7.19. The first-order valence-electron chi connectivity index (χ1n) is 8.18. The van der Waals surface area contributed by atoms with E-state index in [4.69, 9.17) is 0 Å². The molecule has 5 fully saturated rings. The third-order valence-electron chi connectivity index (χ3n) is 6.39. The molecule has 5 aliphatic rings. The fourth-order valence-electron chi connectivity index (χ4n) is 5.78. The molecule has 1 saturated heterocycles. The van der Waals surface area contributed by atoms with Gasteiger partial charge in [0, 0.05) is 25.3 Å². The van der Waals surface area contributed by atoms with Gasteiger partial charge in [-0.3, -0.25) is 10.2 Å². The van der Waals surface area contributed by atoms with Crippen molar-refractivity contribution in [3.05, 3.63) is 0 Å². The monoisotopic (exact) mass is 248 g/mol. The number of nitrogens with one attached hydrogen (secondary N) is 1. The summed E-state index contributed by atoms with van der Waals surface area (Å²) in [5, 5.41) is 3.74. The molecule has 1 N–H and O–H groups in total. The molecule has 4 saturated carbocycles. The Kier molecular flexibility index (Phi) is 2.74. The number of hydrogen-bond donors (Lipinski definition) is 1. The lowest BCUT2D eigenvalue weighted by Crippen LogP contribution is -2.55. The Morgan fingerprint density at radius 3 is 2.06 bits per heavy atom. The molecule has 5 rings (SSSR count). The molecule has 1 heterocycles. The average molecular weight is 248 g/mol. The molecule has 0 amide bonds. The summed E-state index contributed by atoms with van der Waals surface area (Å²) in [5.41, 5.74) is 0. The highest BCUT2D eigenvalue weighted by molar-refractivity contribution is 5.03. The second-order valence-electron chi connectivity index (χ2n) is 7.91. The van der Waals surface area contributed by atoms with E-state index in [2.05, 4.69) is 24.1 Å². The predicted molar refractivity (Wildman–Crippen MR) is 74.2 cm³/mol. The fraction of sp³-hybridized carbons (Fsp3) is 1.00. The molecule has 0 aromatic rings. The topological polar surface area (TPSA) is 15.3 Å². The van der Waals surface area contributed by atoms with Crippen LogP contribution >= 0.6 is 0 Å². The van der Waals surface area contributed by atoms with Gasteiger partial charge in [0.15, 0.2) is 0 Å². The van der Waals surface area contributed by atoms with Gasteiger partial charge in [-0.1, -0.05) is 13.8 Å². The highest BCUT2D eigenvalue weighted by atomic mass is 15.3. The number of nitrogens with zero attached hydrogens (tertiary/aromatic N) is 1. The van der Waals surface area contributed by atoms with Crippen molar-refractivity contribution in [1.82, 2.24) is 10.2 Å². The fourth-order valence-corrected chi connectivity index (χ4v) is 5.78. The Hall–Kier alpha value is -0.0800. The Labute approximate surface area is 111 Å². The molecule has 0 unspecified atom stereocenters. The van der Waals surface area contributed by atoms with Crippen LogP contribution in [0.1, 0.15) is 46.0 Å². The van der Waals surface area contributed by atoms with Crippen LogP contribution in [0, 0.1) is 29.6 Å². The zero-order valence-electron chi connectivity index (χ0n) is 11.9. The summed E-state index contributed by atoms with van der Waals surface area (Å²) in [7, 11) is 0. The van der Waals surface area contributed by atoms with Gasteiger partial charge in [0.05, 0.1) is 0 Å². The normalized spacial score (nSPS) is 51.5. The van der Waals surface area contributed by atoms with Crippen molar-refractivity contribution in [2.75, 3.05) is 13.2 Å². The maximum absolute atomic E-state index is 3.74. The van der Waals surface area contributed by atoms with E-state index in [0.717, 1.165) is 48.3 Å². The summed E-state index contributed by atoms with van der Waals surface area (Å²) in [5.74, 6) is 5.11. The second kappa shape index (κ2) is 4.21. The maximum Gasteiger partial charge on any atom is 0.0486 e. The van der Waals surface area contributed by atoms with Crippen LogP contribution in [0.2, 0.25) is 0 Å². The summed E-state index contributed by atoms with van der Waals surface area (Å²) in [4.78, 5) is 2.82. The molecule has 0 spiro atoms. The Morgan fingerprint density at radius 1 is 0.944 bits per heavy atom. The van der Waals surface area contributed by atoms with Gasteiger partial charge < -0.3 is 0 Å². The molecule has 0 aromatic carbocycles. The van der Waals surface area contributed by atoms with Crippen molar-refractivity contribution >= 4 is 0 Å². The van der Waals surface area contributed by atoms with Crippen molar-refractivity contribution in [2.24, 2.45) is 29.6 Å². The van der Waals surface area contributed by atoms with Crippen molar-refractivity contribution in [3.63, 3.8) is 0 Å². The van der Waals surface area contributed by atoms with E-state index in [-0.39, 0.29) is 0 Å². The molecule has 1 aliphatic heterocycles. The minimum Gasteiger partial charge on any atom is -0.300 e. The van der Waals surface area contributed by atoms with Crippen LogP contribution in [0.15, 0.2) is 0 Å². The minimum absolute atomic E-state index is 0.738. The van der Waals surface area contributed by atoms with Gasteiger partial charge >= 0.3 is 0 Å². The Morgan fingerprint density at radius 2 is 1.56 bits per heavy atom. The summed E-state index contributed by atoms with van der Waals surface area (Å²) in [6.07, 6.45) is 7.80. The first-order valence-corrected chi connectivity index (χ1v) is 8.18. The average Bonchev–Trinajstić information content (AvgIpc) is 2.77. The van der Waals surface area contributed by atoms with Crippen LogP contribution in [0.25, 0.3) is 0 Å². The predicted octanol–water partition coefficient (Wildman–Crippen LogP) is 2.70.